The molecule has 0 atom stereocenters. The third kappa shape index (κ3) is 1.96. The molecule has 2 rings (SSSR count). The first-order valence-electron chi connectivity index (χ1n) is 5.17. The van der Waals surface area contributed by atoms with Crippen molar-refractivity contribution in [1.29, 1.82) is 0 Å². The van der Waals surface area contributed by atoms with Gasteiger partial charge in [0.2, 0.25) is 0 Å². The summed E-state index contributed by atoms with van der Waals surface area (Å²) >= 11 is 12.2. The van der Waals surface area contributed by atoms with Crippen molar-refractivity contribution in [3.8, 4) is 5.69 Å². The zero-order valence-corrected chi connectivity index (χ0v) is 11.0. The van der Waals surface area contributed by atoms with Crippen LogP contribution in [0.25, 0.3) is 5.69 Å². The molecule has 1 aromatic heterocycles. The largest absolute Gasteiger partial charge is 0.298 e. The van der Waals surface area contributed by atoms with Gasteiger partial charge < -0.3 is 0 Å². The summed E-state index contributed by atoms with van der Waals surface area (Å²) in [7, 11) is 0. The molecular formula is C13H9Cl2NO2. The van der Waals surface area contributed by atoms with Crippen molar-refractivity contribution in [2.24, 2.45) is 0 Å². The summed E-state index contributed by atoms with van der Waals surface area (Å²) in [5.41, 5.74) is 2.01. The number of hydrogen-bond donors (Lipinski definition) is 0. The van der Waals surface area contributed by atoms with Gasteiger partial charge in [0, 0.05) is 5.69 Å². The van der Waals surface area contributed by atoms with Crippen molar-refractivity contribution < 1.29 is 9.59 Å². The zero-order valence-electron chi connectivity index (χ0n) is 9.48. The molecule has 0 spiro atoms. The van der Waals surface area contributed by atoms with Crippen LogP contribution in [0.3, 0.4) is 0 Å². The molecule has 0 amide bonds. The van der Waals surface area contributed by atoms with Crippen LogP contribution in [0.15, 0.2) is 24.3 Å². The smallest absolute Gasteiger partial charge is 0.153 e. The van der Waals surface area contributed by atoms with Crippen molar-refractivity contribution in [3.05, 3.63) is 51.3 Å². The predicted octanol–water partition coefficient (Wildman–Crippen LogP) is 3.72. The van der Waals surface area contributed by atoms with Gasteiger partial charge in [-0.3, -0.25) is 14.2 Å². The van der Waals surface area contributed by atoms with Crippen LogP contribution < -0.4 is 0 Å². The maximum absolute atomic E-state index is 10.9. The van der Waals surface area contributed by atoms with Crippen LogP contribution in [-0.2, 0) is 0 Å². The van der Waals surface area contributed by atoms with E-state index in [9.17, 15) is 9.59 Å². The number of carbonyl (C=O) groups excluding carboxylic acids is 2. The van der Waals surface area contributed by atoms with E-state index in [1.54, 1.807) is 0 Å². The maximum atomic E-state index is 10.9. The Hall–Kier alpha value is -1.58. The van der Waals surface area contributed by atoms with Gasteiger partial charge >= 0.3 is 0 Å². The normalized spacial score (nSPS) is 10.4. The average molecular weight is 282 g/mol. The van der Waals surface area contributed by atoms with Crippen molar-refractivity contribution in [2.45, 2.75) is 6.92 Å². The first-order valence-corrected chi connectivity index (χ1v) is 5.92. The number of hydrogen-bond acceptors (Lipinski definition) is 2. The fourth-order valence-corrected chi connectivity index (χ4v) is 2.39. The first kappa shape index (κ1) is 12.9. The molecule has 1 heterocycles. The molecule has 18 heavy (non-hydrogen) atoms. The molecule has 1 aromatic carbocycles. The van der Waals surface area contributed by atoms with Crippen LogP contribution in [0.1, 0.15) is 26.3 Å². The Balaban J connectivity index is 2.71. The standard InChI is InChI=1S/C13H9Cl2NO2/c1-8-2-4-9(5-3-8)16-12(14)10(6-17)11(7-18)13(16)15/h2-7H,1H3. The van der Waals surface area contributed by atoms with Crippen molar-refractivity contribution in [1.82, 2.24) is 4.57 Å². The van der Waals surface area contributed by atoms with E-state index < -0.39 is 0 Å². The highest BCUT2D eigenvalue weighted by Gasteiger charge is 2.20. The highest BCUT2D eigenvalue weighted by atomic mass is 35.5. The fourth-order valence-electron chi connectivity index (χ4n) is 1.69. The molecule has 0 aliphatic carbocycles. The molecule has 0 saturated heterocycles. The van der Waals surface area contributed by atoms with Gasteiger partial charge in [0.25, 0.3) is 0 Å². The monoisotopic (exact) mass is 281 g/mol. The summed E-state index contributed by atoms with van der Waals surface area (Å²) in [6.07, 6.45) is 1.06. The molecule has 2 aromatic rings. The number of benzene rings is 1. The summed E-state index contributed by atoms with van der Waals surface area (Å²) in [5.74, 6) is 0. The lowest BCUT2D eigenvalue weighted by molar-refractivity contribution is 0.109. The van der Waals surface area contributed by atoms with Gasteiger partial charge in [0.1, 0.15) is 10.3 Å². The Morgan fingerprint density at radius 2 is 1.39 bits per heavy atom. The molecule has 3 nitrogen and oxygen atoms in total. The molecule has 92 valence electrons. The number of carbonyl (C=O) groups is 2. The van der Waals surface area contributed by atoms with Gasteiger partial charge in [-0.15, -0.1) is 0 Å². The minimum atomic E-state index is 0.109. The van der Waals surface area contributed by atoms with Crippen LogP contribution in [0.5, 0.6) is 0 Å². The minimum Gasteiger partial charge on any atom is -0.298 e. The van der Waals surface area contributed by atoms with Crippen molar-refractivity contribution >= 4 is 35.8 Å². The molecule has 0 fully saturated rings. The molecule has 0 radical (unpaired) electrons. The molecule has 0 saturated carbocycles. The number of nitrogens with zero attached hydrogens (tertiary/aromatic N) is 1. The zero-order chi connectivity index (χ0) is 13.3. The van der Waals surface area contributed by atoms with Gasteiger partial charge in [-0.05, 0) is 19.1 Å². The number of rotatable bonds is 3. The van der Waals surface area contributed by atoms with Crippen molar-refractivity contribution in [2.75, 3.05) is 0 Å². The van der Waals surface area contributed by atoms with E-state index in [-0.39, 0.29) is 21.4 Å². The third-order valence-corrected chi connectivity index (χ3v) is 3.40. The predicted molar refractivity (Wildman–Crippen MR) is 71.3 cm³/mol. The van der Waals surface area contributed by atoms with Crippen LogP contribution >= 0.6 is 23.2 Å². The summed E-state index contributed by atoms with van der Waals surface area (Å²) in [4.78, 5) is 21.9. The molecule has 5 heteroatoms. The fraction of sp³-hybridized carbons (Fsp3) is 0.0769. The average Bonchev–Trinajstić information content (AvgIpc) is 2.61. The van der Waals surface area contributed by atoms with Gasteiger partial charge in [0.05, 0.1) is 11.1 Å². The summed E-state index contributed by atoms with van der Waals surface area (Å²) < 4.78 is 1.47. The Morgan fingerprint density at radius 3 is 1.78 bits per heavy atom. The van der Waals surface area contributed by atoms with E-state index in [0.29, 0.717) is 18.3 Å². The number of aryl methyl sites for hydroxylation is 1. The lowest BCUT2D eigenvalue weighted by Gasteiger charge is -2.07. The first-order chi connectivity index (χ1) is 8.60. The summed E-state index contributed by atoms with van der Waals surface area (Å²) in [5, 5.41) is 0.280. The molecule has 0 unspecified atom stereocenters. The number of aromatic nitrogens is 1. The maximum Gasteiger partial charge on any atom is 0.153 e. The lowest BCUT2D eigenvalue weighted by atomic mass is 10.2. The Labute approximate surface area is 114 Å². The second-order valence-corrected chi connectivity index (χ2v) is 4.53. The van der Waals surface area contributed by atoms with Crippen LogP contribution in [-0.4, -0.2) is 17.1 Å². The van der Waals surface area contributed by atoms with Crippen molar-refractivity contribution in [3.63, 3.8) is 0 Å². The lowest BCUT2D eigenvalue weighted by Crippen LogP contribution is -1.94. The summed E-state index contributed by atoms with van der Waals surface area (Å²) in [6, 6.07) is 7.42. The highest BCUT2D eigenvalue weighted by Crippen LogP contribution is 2.32. The number of halogens is 2. The SMILES string of the molecule is Cc1ccc(-n2c(Cl)c(C=O)c(C=O)c2Cl)cc1. The van der Waals surface area contributed by atoms with E-state index in [4.69, 9.17) is 23.2 Å². The van der Waals surface area contributed by atoms with Crippen LogP contribution in [0, 0.1) is 6.92 Å². The second kappa shape index (κ2) is 4.96. The highest BCUT2D eigenvalue weighted by molar-refractivity contribution is 6.38. The summed E-state index contributed by atoms with van der Waals surface area (Å²) in [6.45, 7) is 1.95. The molecule has 0 aliphatic heterocycles. The third-order valence-electron chi connectivity index (χ3n) is 2.66. The van der Waals surface area contributed by atoms with E-state index in [1.807, 2.05) is 31.2 Å². The van der Waals surface area contributed by atoms with E-state index in [1.165, 1.54) is 4.57 Å². The Kier molecular flexibility index (Phi) is 3.55. The Morgan fingerprint density at radius 1 is 0.944 bits per heavy atom. The van der Waals surface area contributed by atoms with Gasteiger partial charge in [-0.25, -0.2) is 0 Å². The molecular weight excluding hydrogens is 273 g/mol. The molecule has 0 bridgehead atoms. The topological polar surface area (TPSA) is 39.1 Å². The Bertz CT molecular complexity index is 583. The molecule has 0 N–H and O–H groups in total. The van der Waals surface area contributed by atoms with Crippen LogP contribution in [0.2, 0.25) is 10.3 Å². The molecule has 0 aliphatic rings. The van der Waals surface area contributed by atoms with Crippen LogP contribution in [0.4, 0.5) is 0 Å². The van der Waals surface area contributed by atoms with Gasteiger partial charge in [-0.1, -0.05) is 40.9 Å². The van der Waals surface area contributed by atoms with E-state index in [0.717, 1.165) is 5.56 Å². The van der Waals surface area contributed by atoms with Gasteiger partial charge in [0.15, 0.2) is 12.6 Å². The number of aldehydes is 2. The van der Waals surface area contributed by atoms with Gasteiger partial charge in [-0.2, -0.15) is 0 Å². The van der Waals surface area contributed by atoms with E-state index >= 15 is 0 Å². The minimum absolute atomic E-state index is 0.109. The quantitative estimate of drug-likeness (QED) is 0.805. The second-order valence-electron chi connectivity index (χ2n) is 3.82. The van der Waals surface area contributed by atoms with E-state index in [2.05, 4.69) is 0 Å².